The van der Waals surface area contributed by atoms with E-state index in [0.29, 0.717) is 0 Å². The van der Waals surface area contributed by atoms with Crippen LogP contribution >= 0.6 is 23.5 Å². The summed E-state index contributed by atoms with van der Waals surface area (Å²) in [6.45, 7) is 2.91. The summed E-state index contributed by atoms with van der Waals surface area (Å²) in [6.07, 6.45) is 2.07. The standard InChI is InChI=1S/C11H12ClNS/c1-9-2-4-11(5-3-9)13-8-10(12)6-7-14-13/h2-6H,7-8H2,1H3. The molecule has 0 radical (unpaired) electrons. The first-order valence-electron chi connectivity index (χ1n) is 4.57. The Morgan fingerprint density at radius 1 is 1.29 bits per heavy atom. The normalized spacial score (nSPS) is 16.7. The van der Waals surface area contributed by atoms with Gasteiger partial charge in [-0.2, -0.15) is 0 Å². The lowest BCUT2D eigenvalue weighted by molar-refractivity contribution is 1.16. The SMILES string of the molecule is Cc1ccc(N2CC(Cl)=CCS2)cc1. The minimum Gasteiger partial charge on any atom is -0.311 e. The maximum Gasteiger partial charge on any atom is 0.0650 e. The first-order chi connectivity index (χ1) is 6.75. The lowest BCUT2D eigenvalue weighted by atomic mass is 10.2. The van der Waals surface area contributed by atoms with Crippen molar-refractivity contribution in [1.29, 1.82) is 0 Å². The van der Waals surface area contributed by atoms with Crippen molar-refractivity contribution in [2.24, 2.45) is 0 Å². The molecule has 74 valence electrons. The Labute approximate surface area is 93.9 Å². The third kappa shape index (κ3) is 2.25. The summed E-state index contributed by atoms with van der Waals surface area (Å²) in [6, 6.07) is 8.53. The lowest BCUT2D eigenvalue weighted by Gasteiger charge is -2.25. The van der Waals surface area contributed by atoms with E-state index >= 15 is 0 Å². The Balaban J connectivity index is 2.16. The Bertz CT molecular complexity index is 345. The molecule has 0 fully saturated rings. The van der Waals surface area contributed by atoms with Gasteiger partial charge in [-0.05, 0) is 31.0 Å². The fourth-order valence-electron chi connectivity index (χ4n) is 1.34. The number of benzene rings is 1. The van der Waals surface area contributed by atoms with Gasteiger partial charge >= 0.3 is 0 Å². The fourth-order valence-corrected chi connectivity index (χ4v) is 2.66. The molecule has 0 unspecified atom stereocenters. The second-order valence-corrected chi connectivity index (χ2v) is 4.84. The van der Waals surface area contributed by atoms with Gasteiger partial charge in [0.1, 0.15) is 0 Å². The Morgan fingerprint density at radius 2 is 2.00 bits per heavy atom. The Morgan fingerprint density at radius 3 is 2.64 bits per heavy atom. The minimum atomic E-state index is 0.815. The first kappa shape index (κ1) is 9.94. The van der Waals surface area contributed by atoms with Gasteiger partial charge < -0.3 is 4.31 Å². The molecule has 0 atom stereocenters. The largest absolute Gasteiger partial charge is 0.311 e. The molecule has 14 heavy (non-hydrogen) atoms. The van der Waals surface area contributed by atoms with Crippen LogP contribution in [0.3, 0.4) is 0 Å². The molecule has 0 amide bonds. The number of nitrogens with zero attached hydrogens (tertiary/aromatic N) is 1. The van der Waals surface area contributed by atoms with Crippen LogP contribution in [0.1, 0.15) is 5.56 Å². The summed E-state index contributed by atoms with van der Waals surface area (Å²) < 4.78 is 2.22. The number of rotatable bonds is 1. The summed E-state index contributed by atoms with van der Waals surface area (Å²) in [7, 11) is 0. The van der Waals surface area contributed by atoms with E-state index in [-0.39, 0.29) is 0 Å². The zero-order valence-corrected chi connectivity index (χ0v) is 9.61. The molecule has 0 saturated carbocycles. The van der Waals surface area contributed by atoms with Gasteiger partial charge in [-0.25, -0.2) is 0 Å². The highest BCUT2D eigenvalue weighted by Crippen LogP contribution is 2.28. The van der Waals surface area contributed by atoms with Crippen molar-refractivity contribution < 1.29 is 0 Å². The summed E-state index contributed by atoms with van der Waals surface area (Å²) in [5.41, 5.74) is 2.52. The molecule has 3 heteroatoms. The molecular formula is C11H12ClNS. The molecular weight excluding hydrogens is 214 g/mol. The van der Waals surface area contributed by atoms with Gasteiger partial charge in [0.2, 0.25) is 0 Å². The van der Waals surface area contributed by atoms with Gasteiger partial charge in [0.25, 0.3) is 0 Å². The summed E-state index contributed by atoms with van der Waals surface area (Å²) in [5.74, 6) is 0.965. The lowest BCUT2D eigenvalue weighted by Crippen LogP contribution is -2.19. The molecule has 0 spiro atoms. The highest BCUT2D eigenvalue weighted by atomic mass is 35.5. The summed E-state index contributed by atoms with van der Waals surface area (Å²) in [5, 5.41) is 0.935. The number of anilines is 1. The molecule has 1 aromatic carbocycles. The Kier molecular flexibility index (Phi) is 3.04. The molecule has 0 saturated heterocycles. The van der Waals surface area contributed by atoms with E-state index in [1.54, 1.807) is 11.9 Å². The smallest absolute Gasteiger partial charge is 0.0650 e. The van der Waals surface area contributed by atoms with Crippen molar-refractivity contribution >= 4 is 29.2 Å². The van der Waals surface area contributed by atoms with Crippen LogP contribution in [0.15, 0.2) is 35.4 Å². The molecule has 1 aliphatic rings. The molecule has 1 aromatic rings. The average molecular weight is 226 g/mol. The fraction of sp³-hybridized carbons (Fsp3) is 0.273. The van der Waals surface area contributed by atoms with Crippen molar-refractivity contribution in [3.63, 3.8) is 0 Å². The topological polar surface area (TPSA) is 3.24 Å². The van der Waals surface area contributed by atoms with Crippen LogP contribution in [0.5, 0.6) is 0 Å². The zero-order chi connectivity index (χ0) is 9.97. The third-order valence-corrected chi connectivity index (χ3v) is 3.39. The third-order valence-electron chi connectivity index (χ3n) is 2.15. The maximum absolute atomic E-state index is 6.00. The molecule has 0 bridgehead atoms. The van der Waals surface area contributed by atoms with Crippen molar-refractivity contribution in [1.82, 2.24) is 0 Å². The predicted octanol–water partition coefficient (Wildman–Crippen LogP) is 3.59. The van der Waals surface area contributed by atoms with Gasteiger partial charge in [-0.1, -0.05) is 35.4 Å². The van der Waals surface area contributed by atoms with Gasteiger partial charge in [0.15, 0.2) is 0 Å². The molecule has 1 heterocycles. The van der Waals surface area contributed by atoms with E-state index < -0.39 is 0 Å². The number of aryl methyl sites for hydroxylation is 1. The van der Waals surface area contributed by atoms with E-state index in [2.05, 4.69) is 41.6 Å². The number of halogens is 1. The number of hydrogen-bond acceptors (Lipinski definition) is 2. The van der Waals surface area contributed by atoms with Crippen LogP contribution in [-0.2, 0) is 0 Å². The first-order valence-corrected chi connectivity index (χ1v) is 5.89. The second kappa shape index (κ2) is 4.28. The predicted molar refractivity (Wildman–Crippen MR) is 64.9 cm³/mol. The van der Waals surface area contributed by atoms with Gasteiger partial charge in [-0.15, -0.1) is 0 Å². The molecule has 1 aliphatic heterocycles. The van der Waals surface area contributed by atoms with E-state index in [1.165, 1.54) is 11.3 Å². The van der Waals surface area contributed by atoms with Crippen molar-refractivity contribution in [3.8, 4) is 0 Å². The summed E-state index contributed by atoms with van der Waals surface area (Å²) >= 11 is 7.80. The van der Waals surface area contributed by atoms with Gasteiger partial charge in [-0.3, -0.25) is 0 Å². The van der Waals surface area contributed by atoms with Gasteiger partial charge in [0.05, 0.1) is 6.54 Å². The second-order valence-electron chi connectivity index (χ2n) is 3.32. The van der Waals surface area contributed by atoms with Crippen LogP contribution in [0.2, 0.25) is 0 Å². The van der Waals surface area contributed by atoms with E-state index in [0.717, 1.165) is 17.3 Å². The Hall–Kier alpha value is -0.600. The van der Waals surface area contributed by atoms with Crippen LogP contribution < -0.4 is 4.31 Å². The molecule has 0 aromatic heterocycles. The maximum atomic E-state index is 6.00. The monoisotopic (exact) mass is 225 g/mol. The van der Waals surface area contributed by atoms with Gasteiger partial charge in [0, 0.05) is 16.5 Å². The van der Waals surface area contributed by atoms with E-state index in [4.69, 9.17) is 11.6 Å². The number of hydrogen-bond donors (Lipinski definition) is 0. The average Bonchev–Trinajstić information content (AvgIpc) is 2.19. The highest BCUT2D eigenvalue weighted by Gasteiger charge is 2.12. The molecule has 0 N–H and O–H groups in total. The van der Waals surface area contributed by atoms with Crippen LogP contribution in [0, 0.1) is 6.92 Å². The van der Waals surface area contributed by atoms with Crippen molar-refractivity contribution in [2.45, 2.75) is 6.92 Å². The highest BCUT2D eigenvalue weighted by molar-refractivity contribution is 8.00. The summed E-state index contributed by atoms with van der Waals surface area (Å²) in [4.78, 5) is 0. The quantitative estimate of drug-likeness (QED) is 0.672. The van der Waals surface area contributed by atoms with E-state index in [9.17, 15) is 0 Å². The molecule has 2 rings (SSSR count). The van der Waals surface area contributed by atoms with Crippen LogP contribution in [0.4, 0.5) is 5.69 Å². The molecule has 0 aliphatic carbocycles. The zero-order valence-electron chi connectivity index (χ0n) is 8.03. The van der Waals surface area contributed by atoms with Crippen molar-refractivity contribution in [3.05, 3.63) is 40.9 Å². The molecule has 1 nitrogen and oxygen atoms in total. The van der Waals surface area contributed by atoms with Crippen LogP contribution in [0.25, 0.3) is 0 Å². The van der Waals surface area contributed by atoms with Crippen LogP contribution in [-0.4, -0.2) is 12.3 Å². The van der Waals surface area contributed by atoms with E-state index in [1.807, 2.05) is 0 Å². The van der Waals surface area contributed by atoms with Crippen molar-refractivity contribution in [2.75, 3.05) is 16.6 Å². The minimum absolute atomic E-state index is 0.815.